The van der Waals surface area contributed by atoms with Gasteiger partial charge in [-0.2, -0.15) is 0 Å². The molecule has 1 aliphatic rings. The number of rotatable bonds is 6. The normalized spacial score (nSPS) is 17.0. The second-order valence-corrected chi connectivity index (χ2v) is 7.41. The summed E-state index contributed by atoms with van der Waals surface area (Å²) < 4.78 is 7.13. The van der Waals surface area contributed by atoms with Crippen molar-refractivity contribution < 1.29 is 14.1 Å². The van der Waals surface area contributed by atoms with E-state index in [9.17, 15) is 9.59 Å². The Bertz CT molecular complexity index is 854. The fraction of sp³-hybridized carbons (Fsp3) is 0.550. The first-order valence-electron chi connectivity index (χ1n) is 9.82. The van der Waals surface area contributed by atoms with Gasteiger partial charge in [0.25, 0.3) is 5.91 Å². The van der Waals surface area contributed by atoms with Crippen molar-refractivity contribution in [3.05, 3.63) is 34.8 Å². The van der Waals surface area contributed by atoms with E-state index in [2.05, 4.69) is 10.5 Å². The maximum absolute atomic E-state index is 13.3. The predicted octanol–water partition coefficient (Wildman–Crippen LogP) is 1.85. The van der Waals surface area contributed by atoms with Crippen LogP contribution in [0.25, 0.3) is 5.82 Å². The summed E-state index contributed by atoms with van der Waals surface area (Å²) in [5.74, 6) is 1.33. The van der Waals surface area contributed by atoms with Crippen LogP contribution in [0.4, 0.5) is 0 Å². The Balaban J connectivity index is 1.80. The van der Waals surface area contributed by atoms with Gasteiger partial charge >= 0.3 is 0 Å². The largest absolute Gasteiger partial charge is 0.360 e. The van der Waals surface area contributed by atoms with E-state index in [0.29, 0.717) is 37.4 Å². The van der Waals surface area contributed by atoms with Crippen LogP contribution in [0.2, 0.25) is 0 Å². The van der Waals surface area contributed by atoms with Crippen molar-refractivity contribution in [3.63, 3.8) is 0 Å². The smallest absolute Gasteiger partial charge is 0.256 e. The van der Waals surface area contributed by atoms with Gasteiger partial charge in [0.1, 0.15) is 5.76 Å². The van der Waals surface area contributed by atoms with Crippen LogP contribution in [-0.2, 0) is 4.79 Å². The molecule has 8 heteroatoms. The molecule has 3 rings (SSSR count). The Morgan fingerprint density at radius 3 is 2.75 bits per heavy atom. The number of nitrogens with two attached hydrogens (primary N) is 1. The molecule has 0 aliphatic carbocycles. The molecule has 1 unspecified atom stereocenters. The summed E-state index contributed by atoms with van der Waals surface area (Å²) in [5, 5.41) is 6.99. The highest BCUT2D eigenvalue weighted by Crippen LogP contribution is 2.25. The molecular weight excluding hydrogens is 358 g/mol. The van der Waals surface area contributed by atoms with Crippen LogP contribution in [0, 0.1) is 20.8 Å². The van der Waals surface area contributed by atoms with E-state index < -0.39 is 0 Å². The molecule has 2 amide bonds. The lowest BCUT2D eigenvalue weighted by Crippen LogP contribution is -2.49. The highest BCUT2D eigenvalue weighted by molar-refractivity contribution is 5.96. The minimum Gasteiger partial charge on any atom is -0.360 e. The number of carbonyl (C=O) groups excluding carboxylic acids is 2. The lowest BCUT2D eigenvalue weighted by molar-refractivity contribution is -0.121. The fourth-order valence-electron chi connectivity index (χ4n) is 3.88. The minimum absolute atomic E-state index is 0.000301. The number of piperidine rings is 1. The number of aromatic nitrogens is 2. The molecule has 1 fully saturated rings. The molecule has 1 saturated heterocycles. The third-order valence-corrected chi connectivity index (χ3v) is 5.30. The Hall–Kier alpha value is -2.61. The maximum Gasteiger partial charge on any atom is 0.256 e. The number of amides is 2. The average molecular weight is 387 g/mol. The van der Waals surface area contributed by atoms with E-state index in [4.69, 9.17) is 10.3 Å². The molecule has 3 heterocycles. The molecular formula is C20H29N5O3. The van der Waals surface area contributed by atoms with Crippen molar-refractivity contribution in [3.8, 4) is 5.82 Å². The number of hydrogen-bond acceptors (Lipinski definition) is 5. The minimum atomic E-state index is -0.0694. The summed E-state index contributed by atoms with van der Waals surface area (Å²) in [7, 11) is 0. The van der Waals surface area contributed by atoms with E-state index in [0.717, 1.165) is 36.4 Å². The van der Waals surface area contributed by atoms with Crippen LogP contribution in [0.15, 0.2) is 16.7 Å². The van der Waals surface area contributed by atoms with Crippen molar-refractivity contribution in [2.75, 3.05) is 19.6 Å². The van der Waals surface area contributed by atoms with E-state index in [-0.39, 0.29) is 17.9 Å². The van der Waals surface area contributed by atoms with Gasteiger partial charge in [-0.3, -0.25) is 14.2 Å². The Morgan fingerprint density at radius 1 is 1.29 bits per heavy atom. The molecule has 0 radical (unpaired) electrons. The van der Waals surface area contributed by atoms with E-state index in [1.54, 1.807) is 0 Å². The van der Waals surface area contributed by atoms with Gasteiger partial charge in [-0.25, -0.2) is 0 Å². The summed E-state index contributed by atoms with van der Waals surface area (Å²) in [4.78, 5) is 27.0. The monoisotopic (exact) mass is 387 g/mol. The van der Waals surface area contributed by atoms with Crippen LogP contribution in [0.1, 0.15) is 53.2 Å². The second kappa shape index (κ2) is 8.60. The van der Waals surface area contributed by atoms with Crippen molar-refractivity contribution in [2.24, 2.45) is 5.73 Å². The van der Waals surface area contributed by atoms with Gasteiger partial charge in [0.05, 0.1) is 5.56 Å². The maximum atomic E-state index is 13.3. The molecule has 152 valence electrons. The molecule has 0 spiro atoms. The fourth-order valence-corrected chi connectivity index (χ4v) is 3.88. The molecule has 0 bridgehead atoms. The highest BCUT2D eigenvalue weighted by Gasteiger charge is 2.30. The van der Waals surface area contributed by atoms with Crippen LogP contribution in [0.3, 0.4) is 0 Å². The van der Waals surface area contributed by atoms with Crippen molar-refractivity contribution >= 4 is 11.8 Å². The molecule has 3 N–H and O–H groups in total. The Labute approximate surface area is 165 Å². The van der Waals surface area contributed by atoms with E-state index in [1.807, 2.05) is 42.4 Å². The molecule has 1 atom stereocenters. The first-order valence-corrected chi connectivity index (χ1v) is 9.82. The molecule has 1 aliphatic heterocycles. The quantitative estimate of drug-likeness (QED) is 0.787. The zero-order valence-electron chi connectivity index (χ0n) is 16.8. The zero-order chi connectivity index (χ0) is 20.3. The SMILES string of the molecule is Cc1cc(-n2c(C)cc(C(=O)N3CCCCC3CNC(=O)CCN)c2C)no1. The third-order valence-electron chi connectivity index (χ3n) is 5.30. The zero-order valence-corrected chi connectivity index (χ0v) is 16.8. The standard InChI is InChI=1S/C20H29N5O3/c1-13-10-17(15(3)25(13)18-11-14(2)28-23-18)20(27)24-9-5-4-6-16(24)12-22-19(26)7-8-21/h10-11,16H,4-9,12,21H2,1-3H3,(H,22,26). The number of aryl methyl sites for hydroxylation is 2. The topological polar surface area (TPSA) is 106 Å². The Morgan fingerprint density at radius 2 is 2.07 bits per heavy atom. The Kier molecular flexibility index (Phi) is 6.18. The summed E-state index contributed by atoms with van der Waals surface area (Å²) in [6, 6.07) is 3.76. The van der Waals surface area contributed by atoms with Crippen molar-refractivity contribution in [1.82, 2.24) is 19.9 Å². The summed E-state index contributed by atoms with van der Waals surface area (Å²) in [6.45, 7) is 7.20. The van der Waals surface area contributed by atoms with Crippen LogP contribution < -0.4 is 11.1 Å². The number of nitrogens with zero attached hydrogens (tertiary/aromatic N) is 3. The van der Waals surface area contributed by atoms with Gasteiger partial charge in [0.15, 0.2) is 5.82 Å². The number of likely N-dealkylation sites (tertiary alicyclic amines) is 1. The molecule has 2 aromatic heterocycles. The number of carbonyl (C=O) groups is 2. The lowest BCUT2D eigenvalue weighted by atomic mass is 10.0. The number of hydrogen-bond donors (Lipinski definition) is 2. The van der Waals surface area contributed by atoms with Crippen molar-refractivity contribution in [2.45, 2.75) is 52.5 Å². The van der Waals surface area contributed by atoms with Crippen molar-refractivity contribution in [1.29, 1.82) is 0 Å². The summed E-state index contributed by atoms with van der Waals surface area (Å²) >= 11 is 0. The molecule has 0 aromatic carbocycles. The van der Waals surface area contributed by atoms with Gasteiger partial charge in [-0.1, -0.05) is 5.16 Å². The highest BCUT2D eigenvalue weighted by atomic mass is 16.5. The van der Waals surface area contributed by atoms with Gasteiger partial charge in [0.2, 0.25) is 5.91 Å². The second-order valence-electron chi connectivity index (χ2n) is 7.41. The van der Waals surface area contributed by atoms with Gasteiger partial charge in [-0.05, 0) is 46.1 Å². The van der Waals surface area contributed by atoms with Crippen LogP contribution in [-0.4, -0.2) is 52.1 Å². The number of nitrogens with one attached hydrogen (secondary N) is 1. The average Bonchev–Trinajstić information content (AvgIpc) is 3.22. The third kappa shape index (κ3) is 4.11. The predicted molar refractivity (Wildman–Crippen MR) is 105 cm³/mol. The molecule has 28 heavy (non-hydrogen) atoms. The van der Waals surface area contributed by atoms with Crippen LogP contribution in [0.5, 0.6) is 0 Å². The van der Waals surface area contributed by atoms with Gasteiger partial charge in [0, 0.05) is 49.6 Å². The summed E-state index contributed by atoms with van der Waals surface area (Å²) in [6.07, 6.45) is 3.22. The lowest BCUT2D eigenvalue weighted by Gasteiger charge is -2.36. The van der Waals surface area contributed by atoms with E-state index >= 15 is 0 Å². The summed E-state index contributed by atoms with van der Waals surface area (Å²) in [5.41, 5.74) is 7.87. The van der Waals surface area contributed by atoms with E-state index in [1.165, 1.54) is 0 Å². The first-order chi connectivity index (χ1) is 13.4. The molecule has 8 nitrogen and oxygen atoms in total. The van der Waals surface area contributed by atoms with Gasteiger partial charge < -0.3 is 20.5 Å². The van der Waals surface area contributed by atoms with Crippen LogP contribution >= 0.6 is 0 Å². The molecule has 2 aromatic rings. The van der Waals surface area contributed by atoms with Gasteiger partial charge in [-0.15, -0.1) is 0 Å². The molecule has 0 saturated carbocycles. The first kappa shape index (κ1) is 20.1.